The van der Waals surface area contributed by atoms with Gasteiger partial charge in [-0.1, -0.05) is 23.7 Å². The van der Waals surface area contributed by atoms with Gasteiger partial charge in [-0.15, -0.1) is 0 Å². The van der Waals surface area contributed by atoms with E-state index in [1.165, 1.54) is 0 Å². The van der Waals surface area contributed by atoms with E-state index in [0.717, 1.165) is 29.1 Å². The van der Waals surface area contributed by atoms with E-state index in [1.807, 2.05) is 55.1 Å². The number of aryl methyl sites for hydroxylation is 2. The normalized spacial score (nSPS) is 10.6. The van der Waals surface area contributed by atoms with Crippen molar-refractivity contribution in [1.29, 1.82) is 0 Å². The number of carbonyl (C=O) groups is 1. The second kappa shape index (κ2) is 8.73. The van der Waals surface area contributed by atoms with E-state index in [1.54, 1.807) is 18.2 Å². The molecule has 0 aliphatic heterocycles. The van der Waals surface area contributed by atoms with Crippen molar-refractivity contribution in [2.45, 2.75) is 33.5 Å². The lowest BCUT2D eigenvalue weighted by molar-refractivity contribution is 0.0950. The minimum atomic E-state index is -0.119. The van der Waals surface area contributed by atoms with Gasteiger partial charge in [0, 0.05) is 35.4 Å². The van der Waals surface area contributed by atoms with Crippen LogP contribution in [0.15, 0.2) is 54.7 Å². The topological polar surface area (TPSA) is 56.2 Å². The molecule has 1 heterocycles. The Morgan fingerprint density at radius 1 is 1.22 bits per heavy atom. The lowest BCUT2D eigenvalue weighted by Gasteiger charge is -2.09. The van der Waals surface area contributed by atoms with Crippen LogP contribution in [0.3, 0.4) is 0 Å². The standard InChI is InChI=1S/C21H22ClN3O2/c1-3-25-13-18(15(2)24-25)12-23-21(26)17-6-4-5-16(11-17)14-27-20-9-7-19(22)8-10-20/h4-11,13H,3,12,14H2,1-2H3,(H,23,26). The van der Waals surface area contributed by atoms with Gasteiger partial charge in [-0.3, -0.25) is 9.48 Å². The Kier molecular flexibility index (Phi) is 6.14. The molecule has 3 rings (SSSR count). The fraction of sp³-hybridized carbons (Fsp3) is 0.238. The monoisotopic (exact) mass is 383 g/mol. The molecule has 2 aromatic carbocycles. The van der Waals surface area contributed by atoms with Crippen LogP contribution in [0, 0.1) is 6.92 Å². The maximum absolute atomic E-state index is 12.5. The molecule has 0 unspecified atom stereocenters. The SMILES string of the molecule is CCn1cc(CNC(=O)c2cccc(COc3ccc(Cl)cc3)c2)c(C)n1. The van der Waals surface area contributed by atoms with E-state index in [4.69, 9.17) is 16.3 Å². The summed E-state index contributed by atoms with van der Waals surface area (Å²) >= 11 is 5.87. The van der Waals surface area contributed by atoms with Gasteiger partial charge in [0.1, 0.15) is 12.4 Å². The molecule has 5 nitrogen and oxygen atoms in total. The number of rotatable bonds is 7. The van der Waals surface area contributed by atoms with E-state index in [-0.39, 0.29) is 5.91 Å². The molecule has 0 saturated heterocycles. The van der Waals surface area contributed by atoms with Gasteiger partial charge in [0.15, 0.2) is 0 Å². The van der Waals surface area contributed by atoms with Crippen LogP contribution in [0.4, 0.5) is 0 Å². The quantitative estimate of drug-likeness (QED) is 0.659. The first-order valence-corrected chi connectivity index (χ1v) is 9.21. The van der Waals surface area contributed by atoms with Gasteiger partial charge in [0.25, 0.3) is 5.91 Å². The lowest BCUT2D eigenvalue weighted by atomic mass is 10.1. The minimum Gasteiger partial charge on any atom is -0.489 e. The first-order valence-electron chi connectivity index (χ1n) is 8.83. The van der Waals surface area contributed by atoms with Crippen molar-refractivity contribution in [3.05, 3.63) is 82.1 Å². The zero-order valence-corrected chi connectivity index (χ0v) is 16.2. The summed E-state index contributed by atoms with van der Waals surface area (Å²) in [7, 11) is 0. The smallest absolute Gasteiger partial charge is 0.251 e. The number of nitrogens with one attached hydrogen (secondary N) is 1. The molecule has 0 aliphatic rings. The highest BCUT2D eigenvalue weighted by atomic mass is 35.5. The van der Waals surface area contributed by atoms with Gasteiger partial charge >= 0.3 is 0 Å². The number of hydrogen-bond donors (Lipinski definition) is 1. The largest absolute Gasteiger partial charge is 0.489 e. The summed E-state index contributed by atoms with van der Waals surface area (Å²) in [6.07, 6.45) is 1.96. The highest BCUT2D eigenvalue weighted by Crippen LogP contribution is 2.17. The summed E-state index contributed by atoms with van der Waals surface area (Å²) in [4.78, 5) is 12.5. The number of carbonyl (C=O) groups excluding carboxylic acids is 1. The van der Waals surface area contributed by atoms with Crippen LogP contribution in [-0.4, -0.2) is 15.7 Å². The predicted molar refractivity (Wildman–Crippen MR) is 106 cm³/mol. The lowest BCUT2D eigenvalue weighted by Crippen LogP contribution is -2.23. The molecule has 3 aromatic rings. The summed E-state index contributed by atoms with van der Waals surface area (Å²) in [5, 5.41) is 8.01. The van der Waals surface area contributed by atoms with Crippen LogP contribution >= 0.6 is 11.6 Å². The van der Waals surface area contributed by atoms with Crippen molar-refractivity contribution in [2.75, 3.05) is 0 Å². The third-order valence-corrected chi connectivity index (χ3v) is 4.47. The van der Waals surface area contributed by atoms with E-state index in [9.17, 15) is 4.79 Å². The molecule has 140 valence electrons. The number of nitrogens with zero attached hydrogens (tertiary/aromatic N) is 2. The Bertz CT molecular complexity index is 919. The number of amides is 1. The van der Waals surface area contributed by atoms with Gasteiger partial charge in [0.2, 0.25) is 0 Å². The number of ether oxygens (including phenoxy) is 1. The Hall–Kier alpha value is -2.79. The van der Waals surface area contributed by atoms with Crippen LogP contribution in [-0.2, 0) is 19.7 Å². The number of benzene rings is 2. The molecule has 0 radical (unpaired) electrons. The summed E-state index contributed by atoms with van der Waals surface area (Å²) in [6, 6.07) is 14.6. The average Bonchev–Trinajstić information content (AvgIpc) is 3.06. The molecule has 0 saturated carbocycles. The van der Waals surface area contributed by atoms with E-state index in [0.29, 0.717) is 23.7 Å². The second-order valence-corrected chi connectivity index (χ2v) is 6.66. The number of aromatic nitrogens is 2. The van der Waals surface area contributed by atoms with Gasteiger partial charge in [-0.2, -0.15) is 5.10 Å². The molecular weight excluding hydrogens is 362 g/mol. The van der Waals surface area contributed by atoms with Crippen LogP contribution in [0.5, 0.6) is 5.75 Å². The van der Waals surface area contributed by atoms with Crippen LogP contribution in [0.2, 0.25) is 5.02 Å². The maximum Gasteiger partial charge on any atom is 0.251 e. The van der Waals surface area contributed by atoms with Crippen molar-refractivity contribution in [3.8, 4) is 5.75 Å². The number of halogens is 1. The third-order valence-electron chi connectivity index (χ3n) is 4.22. The molecular formula is C21H22ClN3O2. The van der Waals surface area contributed by atoms with Crippen molar-refractivity contribution < 1.29 is 9.53 Å². The zero-order valence-electron chi connectivity index (χ0n) is 15.4. The van der Waals surface area contributed by atoms with E-state index in [2.05, 4.69) is 10.4 Å². The van der Waals surface area contributed by atoms with Crippen LogP contribution < -0.4 is 10.1 Å². The molecule has 0 aliphatic carbocycles. The fourth-order valence-electron chi connectivity index (χ4n) is 2.67. The average molecular weight is 384 g/mol. The summed E-state index contributed by atoms with van der Waals surface area (Å²) < 4.78 is 7.61. The molecule has 0 spiro atoms. The molecule has 1 N–H and O–H groups in total. The van der Waals surface area contributed by atoms with Crippen molar-refractivity contribution in [2.24, 2.45) is 0 Å². The molecule has 1 amide bonds. The highest BCUT2D eigenvalue weighted by Gasteiger charge is 2.09. The van der Waals surface area contributed by atoms with Gasteiger partial charge in [-0.25, -0.2) is 0 Å². The summed E-state index contributed by atoms with van der Waals surface area (Å²) in [5.41, 5.74) is 3.48. The molecule has 27 heavy (non-hydrogen) atoms. The Balaban J connectivity index is 1.59. The van der Waals surface area contributed by atoms with Crippen molar-refractivity contribution >= 4 is 17.5 Å². The molecule has 0 atom stereocenters. The highest BCUT2D eigenvalue weighted by molar-refractivity contribution is 6.30. The summed E-state index contributed by atoms with van der Waals surface area (Å²) in [6.45, 7) is 5.63. The Morgan fingerprint density at radius 2 is 2.00 bits per heavy atom. The van der Waals surface area contributed by atoms with Crippen LogP contribution in [0.25, 0.3) is 0 Å². The maximum atomic E-state index is 12.5. The molecule has 1 aromatic heterocycles. The van der Waals surface area contributed by atoms with Crippen molar-refractivity contribution in [3.63, 3.8) is 0 Å². The number of hydrogen-bond acceptors (Lipinski definition) is 3. The summed E-state index contributed by atoms with van der Waals surface area (Å²) in [5.74, 6) is 0.615. The zero-order chi connectivity index (χ0) is 19.2. The fourth-order valence-corrected chi connectivity index (χ4v) is 2.80. The molecule has 6 heteroatoms. The molecule has 0 fully saturated rings. The Morgan fingerprint density at radius 3 is 2.70 bits per heavy atom. The second-order valence-electron chi connectivity index (χ2n) is 6.22. The third kappa shape index (κ3) is 5.11. The first kappa shape index (κ1) is 19.0. The first-order chi connectivity index (χ1) is 13.0. The predicted octanol–water partition coefficient (Wildman–Crippen LogP) is 4.37. The Labute approximate surface area is 163 Å². The van der Waals surface area contributed by atoms with Crippen LogP contribution in [0.1, 0.15) is 34.1 Å². The van der Waals surface area contributed by atoms with Gasteiger partial charge in [-0.05, 0) is 55.8 Å². The molecule has 0 bridgehead atoms. The van der Waals surface area contributed by atoms with Crippen molar-refractivity contribution in [1.82, 2.24) is 15.1 Å². The minimum absolute atomic E-state index is 0.119. The van der Waals surface area contributed by atoms with E-state index >= 15 is 0 Å². The van der Waals surface area contributed by atoms with E-state index < -0.39 is 0 Å². The van der Waals surface area contributed by atoms with Gasteiger partial charge < -0.3 is 10.1 Å². The van der Waals surface area contributed by atoms with Gasteiger partial charge in [0.05, 0.1) is 5.69 Å².